The number of allylic oxidation sites excluding steroid dienone is 4. The van der Waals surface area contributed by atoms with E-state index >= 15 is 0 Å². The molecule has 0 aliphatic heterocycles. The quantitative estimate of drug-likeness (QED) is 0.381. The Bertz CT molecular complexity index is 1060. The van der Waals surface area contributed by atoms with Crippen molar-refractivity contribution in [2.24, 2.45) is 0 Å². The van der Waals surface area contributed by atoms with E-state index in [9.17, 15) is 22.8 Å². The first-order valence-corrected chi connectivity index (χ1v) is 9.45. The van der Waals surface area contributed by atoms with Crippen molar-refractivity contribution in [2.75, 3.05) is 0 Å². The molecule has 0 aliphatic carbocycles. The summed E-state index contributed by atoms with van der Waals surface area (Å²) in [6.45, 7) is 3.26. The predicted octanol–water partition coefficient (Wildman–Crippen LogP) is 6.46. The number of halogens is 3. The van der Waals surface area contributed by atoms with Crippen molar-refractivity contribution in [3.63, 3.8) is 0 Å². The van der Waals surface area contributed by atoms with Gasteiger partial charge in [0.15, 0.2) is 0 Å². The van der Waals surface area contributed by atoms with Crippen LogP contribution in [0.4, 0.5) is 13.2 Å². The molecule has 0 saturated carbocycles. The van der Waals surface area contributed by atoms with Crippen LogP contribution >= 0.6 is 0 Å². The number of carboxylic acids is 2. The van der Waals surface area contributed by atoms with E-state index in [1.165, 1.54) is 12.1 Å². The first-order chi connectivity index (χ1) is 14.9. The summed E-state index contributed by atoms with van der Waals surface area (Å²) >= 11 is 0. The van der Waals surface area contributed by atoms with E-state index in [0.717, 1.165) is 24.3 Å². The lowest BCUT2D eigenvalue weighted by atomic mass is 9.97. The molecule has 0 amide bonds. The number of aliphatic carboxylic acids is 2. The SMILES string of the molecule is CC(/C=C/c1cc(/C=C/C(C)=C/C(=O)O)cc(-c2ccc(C(F)(F)F)cc2)c1)=C\C(=O)O. The lowest BCUT2D eigenvalue weighted by Gasteiger charge is -2.09. The molecule has 0 aliphatic rings. The molecule has 2 aromatic carbocycles. The third-order valence-electron chi connectivity index (χ3n) is 4.30. The highest BCUT2D eigenvalue weighted by Crippen LogP contribution is 2.31. The van der Waals surface area contributed by atoms with Gasteiger partial charge in [-0.05, 0) is 77.6 Å². The molecular weight excluding hydrogens is 421 g/mol. The predicted molar refractivity (Wildman–Crippen MR) is 118 cm³/mol. The summed E-state index contributed by atoms with van der Waals surface area (Å²) in [7, 11) is 0. The number of hydrogen-bond acceptors (Lipinski definition) is 2. The molecule has 0 atom stereocenters. The monoisotopic (exact) mass is 442 g/mol. The molecule has 0 fully saturated rings. The van der Waals surface area contributed by atoms with E-state index in [0.29, 0.717) is 33.4 Å². The second-order valence-electron chi connectivity index (χ2n) is 7.08. The largest absolute Gasteiger partial charge is 0.478 e. The first kappa shape index (κ1) is 24.4. The smallest absolute Gasteiger partial charge is 0.416 e. The minimum atomic E-state index is -4.43. The zero-order valence-corrected chi connectivity index (χ0v) is 17.4. The van der Waals surface area contributed by atoms with E-state index < -0.39 is 23.7 Å². The maximum atomic E-state index is 12.9. The highest BCUT2D eigenvalue weighted by atomic mass is 19.4. The van der Waals surface area contributed by atoms with Crippen LogP contribution in [0.1, 0.15) is 30.5 Å². The van der Waals surface area contributed by atoms with E-state index in [1.54, 1.807) is 56.4 Å². The number of carboxylic acid groups (broad SMARTS) is 2. The highest BCUT2D eigenvalue weighted by Gasteiger charge is 2.29. The zero-order chi connectivity index (χ0) is 23.9. The van der Waals surface area contributed by atoms with Crippen LogP contribution in [0, 0.1) is 0 Å². The maximum Gasteiger partial charge on any atom is 0.416 e. The van der Waals surface area contributed by atoms with Crippen molar-refractivity contribution in [3.05, 3.63) is 94.6 Å². The summed E-state index contributed by atoms with van der Waals surface area (Å²) < 4.78 is 38.6. The fourth-order valence-electron chi connectivity index (χ4n) is 2.83. The maximum absolute atomic E-state index is 12.9. The molecule has 7 heteroatoms. The summed E-state index contributed by atoms with van der Waals surface area (Å²) in [5.74, 6) is -2.15. The fourth-order valence-corrected chi connectivity index (χ4v) is 2.83. The van der Waals surface area contributed by atoms with Crippen molar-refractivity contribution in [1.29, 1.82) is 0 Å². The number of hydrogen-bond donors (Lipinski definition) is 2. The summed E-state index contributed by atoms with van der Waals surface area (Å²) in [6, 6.07) is 10.1. The molecule has 0 saturated heterocycles. The average Bonchev–Trinajstić information content (AvgIpc) is 2.69. The number of benzene rings is 2. The molecule has 32 heavy (non-hydrogen) atoms. The fraction of sp³-hybridized carbons (Fsp3) is 0.120. The molecule has 0 bridgehead atoms. The van der Waals surface area contributed by atoms with E-state index in [2.05, 4.69) is 0 Å². The van der Waals surface area contributed by atoms with Crippen molar-refractivity contribution in [3.8, 4) is 11.1 Å². The van der Waals surface area contributed by atoms with Crippen molar-refractivity contribution < 1.29 is 33.0 Å². The van der Waals surface area contributed by atoms with Crippen LogP contribution in [-0.2, 0) is 15.8 Å². The molecule has 0 heterocycles. The van der Waals surface area contributed by atoms with Crippen LogP contribution in [-0.4, -0.2) is 22.2 Å². The lowest BCUT2D eigenvalue weighted by molar-refractivity contribution is -0.137. The van der Waals surface area contributed by atoms with Gasteiger partial charge in [-0.3, -0.25) is 0 Å². The van der Waals surface area contributed by atoms with E-state index in [1.807, 2.05) is 0 Å². The van der Waals surface area contributed by atoms with Gasteiger partial charge in [0, 0.05) is 12.2 Å². The summed E-state index contributed by atoms with van der Waals surface area (Å²) in [6.07, 6.45) is 4.29. The molecule has 2 aromatic rings. The van der Waals surface area contributed by atoms with Crippen LogP contribution < -0.4 is 0 Å². The van der Waals surface area contributed by atoms with Crippen LogP contribution in [0.5, 0.6) is 0 Å². The Morgan fingerprint density at radius 2 is 1.19 bits per heavy atom. The standard InChI is InChI=1S/C25H21F3O4/c1-16(11-23(29)30)3-5-18-13-19(6-4-17(2)12-24(31)32)15-21(14-18)20-7-9-22(10-8-20)25(26,27)28/h3-15H,1-2H3,(H,29,30)(H,31,32)/b5-3+,6-4+,16-11+,17-12+. The first-order valence-electron chi connectivity index (χ1n) is 9.45. The van der Waals surface area contributed by atoms with Gasteiger partial charge in [-0.15, -0.1) is 0 Å². The van der Waals surface area contributed by atoms with Crippen molar-refractivity contribution in [1.82, 2.24) is 0 Å². The summed E-state index contributed by atoms with van der Waals surface area (Å²) in [4.78, 5) is 21.6. The Balaban J connectivity index is 2.50. The van der Waals surface area contributed by atoms with E-state index in [-0.39, 0.29) is 0 Å². The number of alkyl halides is 3. The van der Waals surface area contributed by atoms with Gasteiger partial charge in [0.05, 0.1) is 5.56 Å². The third-order valence-corrected chi connectivity index (χ3v) is 4.30. The van der Waals surface area contributed by atoms with Gasteiger partial charge in [-0.1, -0.05) is 36.4 Å². The van der Waals surface area contributed by atoms with Gasteiger partial charge in [0.2, 0.25) is 0 Å². The minimum Gasteiger partial charge on any atom is -0.478 e. The van der Waals surface area contributed by atoms with Gasteiger partial charge in [0.1, 0.15) is 0 Å². The molecule has 2 N–H and O–H groups in total. The number of carbonyl (C=O) groups is 2. The molecule has 0 unspecified atom stereocenters. The Morgan fingerprint density at radius 1 is 0.750 bits per heavy atom. The Morgan fingerprint density at radius 3 is 1.56 bits per heavy atom. The number of rotatable bonds is 7. The average molecular weight is 442 g/mol. The van der Waals surface area contributed by atoms with E-state index in [4.69, 9.17) is 10.2 Å². The Kier molecular flexibility index (Phi) is 7.96. The normalized spacial score (nSPS) is 13.2. The molecule has 4 nitrogen and oxygen atoms in total. The van der Waals surface area contributed by atoms with Crippen LogP contribution in [0.25, 0.3) is 23.3 Å². The van der Waals surface area contributed by atoms with Gasteiger partial charge in [-0.25, -0.2) is 9.59 Å². The lowest BCUT2D eigenvalue weighted by Crippen LogP contribution is -2.04. The molecule has 2 rings (SSSR count). The minimum absolute atomic E-state index is 0.509. The molecule has 166 valence electrons. The van der Waals surface area contributed by atoms with Gasteiger partial charge in [-0.2, -0.15) is 13.2 Å². The van der Waals surface area contributed by atoms with Gasteiger partial charge >= 0.3 is 18.1 Å². The zero-order valence-electron chi connectivity index (χ0n) is 17.4. The molecule has 0 aromatic heterocycles. The summed E-state index contributed by atoms with van der Waals surface area (Å²) in [5, 5.41) is 17.7. The van der Waals surface area contributed by atoms with Crippen molar-refractivity contribution >= 4 is 24.1 Å². The van der Waals surface area contributed by atoms with Crippen LogP contribution in [0.15, 0.2) is 77.9 Å². The second-order valence-corrected chi connectivity index (χ2v) is 7.08. The molecule has 0 radical (unpaired) electrons. The van der Waals surface area contributed by atoms with Crippen LogP contribution in [0.2, 0.25) is 0 Å². The highest BCUT2D eigenvalue weighted by molar-refractivity contribution is 5.82. The van der Waals surface area contributed by atoms with Gasteiger partial charge in [0.25, 0.3) is 0 Å². The Hall–Kier alpha value is -3.87. The molecular formula is C25H21F3O4. The molecule has 0 spiro atoms. The second kappa shape index (κ2) is 10.4. The van der Waals surface area contributed by atoms with Gasteiger partial charge < -0.3 is 10.2 Å². The topological polar surface area (TPSA) is 74.6 Å². The summed E-state index contributed by atoms with van der Waals surface area (Å²) in [5.41, 5.74) is 2.88. The Labute approximate surface area is 183 Å². The van der Waals surface area contributed by atoms with Crippen molar-refractivity contribution in [2.45, 2.75) is 20.0 Å². The third kappa shape index (κ3) is 7.75. The van der Waals surface area contributed by atoms with Crippen LogP contribution in [0.3, 0.4) is 0 Å².